The molecule has 5 rings (SSSR count). The van der Waals surface area contributed by atoms with Crippen molar-refractivity contribution in [2.75, 3.05) is 7.05 Å². The number of nitrogens with one attached hydrogen (secondary N) is 2. The van der Waals surface area contributed by atoms with E-state index in [-0.39, 0.29) is 45.2 Å². The monoisotopic (exact) mass is 626 g/mol. The van der Waals surface area contributed by atoms with Crippen LogP contribution in [0, 0.1) is 28.9 Å². The number of hydrogen-bond acceptors (Lipinski definition) is 5. The fourth-order valence-corrected chi connectivity index (χ4v) is 4.97. The molecule has 2 heterocycles. The van der Waals surface area contributed by atoms with Crippen molar-refractivity contribution in [1.29, 1.82) is 5.26 Å². The van der Waals surface area contributed by atoms with Gasteiger partial charge in [-0.05, 0) is 80.1 Å². The van der Waals surface area contributed by atoms with E-state index in [1.807, 2.05) is 13.8 Å². The Morgan fingerprint density at radius 1 is 1.02 bits per heavy atom. The minimum atomic E-state index is -4.53. The quantitative estimate of drug-likeness (QED) is 0.195. The molecule has 45 heavy (non-hydrogen) atoms. The first-order valence-electron chi connectivity index (χ1n) is 14.4. The molecule has 1 unspecified atom stereocenters. The van der Waals surface area contributed by atoms with Gasteiger partial charge < -0.3 is 15.1 Å². The molecule has 0 saturated heterocycles. The number of amides is 2. The Hall–Kier alpha value is -4.79. The lowest BCUT2D eigenvalue weighted by Crippen LogP contribution is -2.46. The molecule has 7 nitrogen and oxygen atoms in total. The summed E-state index contributed by atoms with van der Waals surface area (Å²) in [7, 11) is 1.38. The Bertz CT molecular complexity index is 1770. The second-order valence-electron chi connectivity index (χ2n) is 10.6. The largest absolute Gasteiger partial charge is 0.437 e. The number of pyridine rings is 1. The Labute approximate surface area is 256 Å². The summed E-state index contributed by atoms with van der Waals surface area (Å²) in [4.78, 5) is 30.5. The van der Waals surface area contributed by atoms with Crippen LogP contribution in [-0.2, 0) is 6.42 Å². The first-order chi connectivity index (χ1) is 21.3. The van der Waals surface area contributed by atoms with Crippen molar-refractivity contribution in [3.8, 4) is 28.5 Å². The molecule has 2 amide bonds. The number of nitriles is 1. The molecule has 2 N–H and O–H groups in total. The number of carbonyl (C=O) groups is 2. The first-order valence-corrected chi connectivity index (χ1v) is 14.4. The molecule has 2 aromatic carbocycles. The smallest absolute Gasteiger partial charge is 0.389 e. The van der Waals surface area contributed by atoms with E-state index in [2.05, 4.69) is 21.7 Å². The standard InChI is InChI=1S/C31H25F5N4O3.C2H6/c1-30(15-37,18-6-7-18)40-27(41)21-13-17(5-10-23(21)33)20-14-22-25(28(42)38-2)26(16-3-8-19(32)9-4-16)43-29(22)39-24(20)11-12-31(34,35)36;1-2/h3-5,8-10,13-14,18H,6-7,11-12H2,1-2H3,(H,38,42)(H,40,41);1-2H3. The minimum Gasteiger partial charge on any atom is -0.437 e. The van der Waals surface area contributed by atoms with Crippen LogP contribution in [0.4, 0.5) is 22.0 Å². The van der Waals surface area contributed by atoms with Gasteiger partial charge in [-0.1, -0.05) is 19.9 Å². The minimum absolute atomic E-state index is 0.00882. The zero-order chi connectivity index (χ0) is 33.1. The van der Waals surface area contributed by atoms with Crippen molar-refractivity contribution in [2.24, 2.45) is 5.92 Å². The van der Waals surface area contributed by atoms with Crippen molar-refractivity contribution in [2.45, 2.75) is 58.2 Å². The van der Waals surface area contributed by atoms with Crippen molar-refractivity contribution in [3.63, 3.8) is 0 Å². The lowest BCUT2D eigenvalue weighted by Gasteiger charge is -2.23. The highest BCUT2D eigenvalue weighted by molar-refractivity contribution is 6.11. The van der Waals surface area contributed by atoms with E-state index in [0.29, 0.717) is 5.56 Å². The van der Waals surface area contributed by atoms with E-state index < -0.39 is 53.6 Å². The maximum absolute atomic E-state index is 14.9. The summed E-state index contributed by atoms with van der Waals surface area (Å²) < 4.78 is 74.2. The third-order valence-electron chi connectivity index (χ3n) is 7.49. The highest BCUT2D eigenvalue weighted by atomic mass is 19.4. The normalized spacial score (nSPS) is 14.1. The average molecular weight is 627 g/mol. The van der Waals surface area contributed by atoms with Gasteiger partial charge in [0.1, 0.15) is 22.9 Å². The SMILES string of the molecule is CC.CNC(=O)c1c(-c2ccc(F)cc2)oc2nc(CCC(F)(F)F)c(-c3ccc(F)c(C(=O)NC(C)(C#N)C4CC4)c3)cc12. The van der Waals surface area contributed by atoms with Gasteiger partial charge in [0.15, 0.2) is 0 Å². The molecule has 4 aromatic rings. The van der Waals surface area contributed by atoms with Gasteiger partial charge >= 0.3 is 6.18 Å². The second-order valence-corrected chi connectivity index (χ2v) is 10.6. The lowest BCUT2D eigenvalue weighted by molar-refractivity contribution is -0.134. The van der Waals surface area contributed by atoms with E-state index in [1.54, 1.807) is 6.92 Å². The number of aromatic nitrogens is 1. The zero-order valence-corrected chi connectivity index (χ0v) is 25.0. The molecule has 0 spiro atoms. The van der Waals surface area contributed by atoms with E-state index in [0.717, 1.165) is 31.0 Å². The van der Waals surface area contributed by atoms with E-state index in [9.17, 15) is 36.8 Å². The number of nitrogens with zero attached hydrogens (tertiary/aromatic N) is 2. The number of rotatable bonds is 8. The summed E-state index contributed by atoms with van der Waals surface area (Å²) in [6, 6.07) is 12.0. The van der Waals surface area contributed by atoms with Gasteiger partial charge in [0, 0.05) is 24.6 Å². The topological polar surface area (TPSA) is 108 Å². The molecule has 2 aromatic heterocycles. The van der Waals surface area contributed by atoms with E-state index in [4.69, 9.17) is 4.42 Å². The Morgan fingerprint density at radius 3 is 2.24 bits per heavy atom. The molecule has 1 atom stereocenters. The molecule has 0 radical (unpaired) electrons. The third-order valence-corrected chi connectivity index (χ3v) is 7.49. The third kappa shape index (κ3) is 7.14. The number of furan rings is 1. The Kier molecular flexibility index (Phi) is 9.61. The number of aryl methyl sites for hydroxylation is 1. The highest BCUT2D eigenvalue weighted by Gasteiger charge is 2.43. The number of alkyl halides is 3. The van der Waals surface area contributed by atoms with Crippen molar-refractivity contribution in [1.82, 2.24) is 15.6 Å². The Balaban J connectivity index is 0.00000226. The average Bonchev–Trinajstić information content (AvgIpc) is 3.82. The summed E-state index contributed by atoms with van der Waals surface area (Å²) in [5.74, 6) is -2.92. The maximum atomic E-state index is 14.9. The summed E-state index contributed by atoms with van der Waals surface area (Å²) >= 11 is 0. The molecular weight excluding hydrogens is 595 g/mol. The van der Waals surface area contributed by atoms with Crippen LogP contribution in [0.15, 0.2) is 52.9 Å². The maximum Gasteiger partial charge on any atom is 0.389 e. The van der Waals surface area contributed by atoms with Crippen molar-refractivity contribution < 1.29 is 36.0 Å². The summed E-state index contributed by atoms with van der Waals surface area (Å²) in [6.07, 6.45) is -4.87. The van der Waals surface area contributed by atoms with Gasteiger partial charge in [0.2, 0.25) is 5.71 Å². The number of benzene rings is 2. The summed E-state index contributed by atoms with van der Waals surface area (Å²) in [5.41, 5.74) is -1.20. The first kappa shape index (κ1) is 33.1. The van der Waals surface area contributed by atoms with Gasteiger partial charge in [-0.15, -0.1) is 0 Å². The molecule has 12 heteroatoms. The molecule has 1 aliphatic carbocycles. The van der Waals surface area contributed by atoms with Crippen LogP contribution in [0.1, 0.15) is 66.4 Å². The number of hydrogen-bond donors (Lipinski definition) is 2. The van der Waals surface area contributed by atoms with Crippen molar-refractivity contribution in [3.05, 3.63) is 77.0 Å². The van der Waals surface area contributed by atoms with Crippen molar-refractivity contribution >= 4 is 22.9 Å². The molecule has 1 fully saturated rings. The van der Waals surface area contributed by atoms with Crippen LogP contribution >= 0.6 is 0 Å². The fraction of sp³-hybridized carbons (Fsp3) is 0.333. The molecule has 1 saturated carbocycles. The van der Waals surface area contributed by atoms with Gasteiger partial charge in [-0.2, -0.15) is 18.4 Å². The van der Waals surface area contributed by atoms with Gasteiger partial charge in [0.05, 0.1) is 28.3 Å². The van der Waals surface area contributed by atoms with Crippen LogP contribution in [0.5, 0.6) is 0 Å². The van der Waals surface area contributed by atoms with Crippen LogP contribution < -0.4 is 10.6 Å². The molecule has 236 valence electrons. The van der Waals surface area contributed by atoms with Crippen LogP contribution in [0.25, 0.3) is 33.6 Å². The lowest BCUT2D eigenvalue weighted by atomic mass is 9.95. The number of fused-ring (bicyclic) bond motifs is 1. The zero-order valence-electron chi connectivity index (χ0n) is 25.0. The molecule has 0 aliphatic heterocycles. The highest BCUT2D eigenvalue weighted by Crippen LogP contribution is 2.40. The van der Waals surface area contributed by atoms with Gasteiger partial charge in [0.25, 0.3) is 11.8 Å². The van der Waals surface area contributed by atoms with Crippen LogP contribution in [0.2, 0.25) is 0 Å². The Morgan fingerprint density at radius 2 is 1.67 bits per heavy atom. The van der Waals surface area contributed by atoms with Crippen LogP contribution in [-0.4, -0.2) is 35.6 Å². The van der Waals surface area contributed by atoms with E-state index in [1.165, 1.54) is 37.4 Å². The molecular formula is C33H31F5N4O3. The fourth-order valence-electron chi connectivity index (χ4n) is 4.97. The predicted molar refractivity (Wildman–Crippen MR) is 158 cm³/mol. The molecule has 0 bridgehead atoms. The van der Waals surface area contributed by atoms with Gasteiger partial charge in [-0.25, -0.2) is 13.8 Å². The second kappa shape index (κ2) is 13.1. The van der Waals surface area contributed by atoms with Crippen LogP contribution in [0.3, 0.4) is 0 Å². The predicted octanol–water partition coefficient (Wildman–Crippen LogP) is 7.74. The summed E-state index contributed by atoms with van der Waals surface area (Å²) in [5, 5.41) is 14.9. The summed E-state index contributed by atoms with van der Waals surface area (Å²) in [6.45, 7) is 5.55. The molecule has 1 aliphatic rings. The number of halogens is 5. The van der Waals surface area contributed by atoms with E-state index >= 15 is 0 Å². The van der Waals surface area contributed by atoms with Gasteiger partial charge in [-0.3, -0.25) is 9.59 Å². The number of carbonyl (C=O) groups excluding carboxylic acids is 2.